The smallest absolute Gasteiger partial charge is 0.408 e. The molecule has 29 heavy (non-hydrogen) atoms. The first kappa shape index (κ1) is 20.4. The van der Waals surface area contributed by atoms with E-state index in [-0.39, 0.29) is 19.1 Å². The first-order valence-electron chi connectivity index (χ1n) is 9.51. The van der Waals surface area contributed by atoms with Gasteiger partial charge in [0.25, 0.3) is 0 Å². The van der Waals surface area contributed by atoms with Gasteiger partial charge in [0, 0.05) is 12.5 Å². The van der Waals surface area contributed by atoms with Gasteiger partial charge in [0.1, 0.15) is 18.7 Å². The Morgan fingerprint density at radius 3 is 2.34 bits per heavy atom. The third-order valence-electron chi connectivity index (χ3n) is 5.06. The van der Waals surface area contributed by atoms with Crippen molar-refractivity contribution in [3.63, 3.8) is 0 Å². The summed E-state index contributed by atoms with van der Waals surface area (Å²) in [6.07, 6.45) is -0.781. The lowest BCUT2D eigenvalue weighted by Gasteiger charge is -2.22. The van der Waals surface area contributed by atoms with E-state index < -0.39 is 30.1 Å². The third-order valence-corrected chi connectivity index (χ3v) is 5.06. The maximum atomic E-state index is 12.7. The highest BCUT2D eigenvalue weighted by Crippen LogP contribution is 2.31. The zero-order valence-corrected chi connectivity index (χ0v) is 16.2. The van der Waals surface area contributed by atoms with E-state index in [1.807, 2.05) is 60.7 Å². The molecule has 7 nitrogen and oxygen atoms in total. The molecule has 0 aliphatic carbocycles. The van der Waals surface area contributed by atoms with Crippen LogP contribution in [-0.4, -0.2) is 46.6 Å². The highest BCUT2D eigenvalue weighted by Gasteiger charge is 2.40. The van der Waals surface area contributed by atoms with Gasteiger partial charge < -0.3 is 15.2 Å². The van der Waals surface area contributed by atoms with E-state index in [4.69, 9.17) is 4.74 Å². The first-order valence-corrected chi connectivity index (χ1v) is 9.51. The average molecular weight is 396 g/mol. The zero-order valence-electron chi connectivity index (χ0n) is 16.2. The lowest BCUT2D eigenvalue weighted by atomic mass is 9.96. The summed E-state index contributed by atoms with van der Waals surface area (Å²) >= 11 is 0. The number of hydrogen-bond acceptors (Lipinski definition) is 4. The maximum Gasteiger partial charge on any atom is 0.408 e. The number of carbonyl (C=O) groups is 3. The summed E-state index contributed by atoms with van der Waals surface area (Å²) in [5, 5.41) is 12.1. The number of likely N-dealkylation sites (tertiary alicyclic amines) is 1. The second-order valence-corrected chi connectivity index (χ2v) is 7.12. The molecule has 0 spiro atoms. The molecule has 1 aliphatic heterocycles. The summed E-state index contributed by atoms with van der Waals surface area (Å²) in [5.74, 6) is -1.12. The zero-order chi connectivity index (χ0) is 20.8. The van der Waals surface area contributed by atoms with Crippen LogP contribution in [0.4, 0.5) is 4.79 Å². The van der Waals surface area contributed by atoms with Gasteiger partial charge in [0.2, 0.25) is 5.91 Å². The average Bonchev–Trinajstić information content (AvgIpc) is 3.19. The van der Waals surface area contributed by atoms with Crippen LogP contribution in [0.3, 0.4) is 0 Å². The van der Waals surface area contributed by atoms with Gasteiger partial charge in [0.15, 0.2) is 0 Å². The quantitative estimate of drug-likeness (QED) is 0.732. The summed E-state index contributed by atoms with van der Waals surface area (Å²) < 4.78 is 5.23. The molecule has 7 heteroatoms. The second-order valence-electron chi connectivity index (χ2n) is 7.12. The van der Waals surface area contributed by atoms with Crippen molar-refractivity contribution in [1.82, 2.24) is 10.2 Å². The molecule has 1 saturated heterocycles. The fourth-order valence-corrected chi connectivity index (χ4v) is 3.48. The SMILES string of the molecule is CC(NC(=O)[C@H]1C[C@H](c2ccccc2)CN1C(=O)O)C(=O)OCc1ccccc1. The predicted molar refractivity (Wildman–Crippen MR) is 106 cm³/mol. The highest BCUT2D eigenvalue weighted by molar-refractivity contribution is 5.89. The van der Waals surface area contributed by atoms with Crippen LogP contribution in [0.5, 0.6) is 0 Å². The number of nitrogens with zero attached hydrogens (tertiary/aromatic N) is 1. The number of amides is 2. The fourth-order valence-electron chi connectivity index (χ4n) is 3.48. The molecular weight excluding hydrogens is 372 g/mol. The van der Waals surface area contributed by atoms with Crippen molar-refractivity contribution >= 4 is 18.0 Å². The Balaban J connectivity index is 1.59. The molecule has 2 aromatic rings. The Morgan fingerprint density at radius 1 is 1.10 bits per heavy atom. The number of nitrogens with one attached hydrogen (secondary N) is 1. The Kier molecular flexibility index (Phi) is 6.49. The topological polar surface area (TPSA) is 95.9 Å². The number of rotatable bonds is 6. The van der Waals surface area contributed by atoms with Crippen molar-refractivity contribution in [3.05, 3.63) is 71.8 Å². The third kappa shape index (κ3) is 5.13. The van der Waals surface area contributed by atoms with Gasteiger partial charge in [-0.05, 0) is 24.5 Å². The molecule has 152 valence electrons. The minimum atomic E-state index is -1.15. The molecule has 3 rings (SSSR count). The lowest BCUT2D eigenvalue weighted by Crippen LogP contribution is -2.50. The Hall–Kier alpha value is -3.35. The molecule has 0 aromatic heterocycles. The minimum absolute atomic E-state index is 0.0663. The predicted octanol–water partition coefficient (Wildman–Crippen LogP) is 2.77. The van der Waals surface area contributed by atoms with E-state index in [9.17, 15) is 19.5 Å². The van der Waals surface area contributed by atoms with E-state index in [0.29, 0.717) is 6.42 Å². The molecule has 1 aliphatic rings. The monoisotopic (exact) mass is 396 g/mol. The number of benzene rings is 2. The molecule has 2 N–H and O–H groups in total. The summed E-state index contributed by atoms with van der Waals surface area (Å²) in [5.41, 5.74) is 1.84. The Labute approximate surface area is 169 Å². The van der Waals surface area contributed by atoms with Gasteiger partial charge in [-0.25, -0.2) is 9.59 Å². The van der Waals surface area contributed by atoms with Crippen LogP contribution in [0.25, 0.3) is 0 Å². The van der Waals surface area contributed by atoms with E-state index >= 15 is 0 Å². The molecule has 2 amide bonds. The molecule has 1 heterocycles. The molecular formula is C22H24N2O5. The van der Waals surface area contributed by atoms with Crippen LogP contribution in [-0.2, 0) is 20.9 Å². The van der Waals surface area contributed by atoms with Crippen molar-refractivity contribution in [2.75, 3.05) is 6.54 Å². The van der Waals surface area contributed by atoms with Crippen LogP contribution in [0.1, 0.15) is 30.4 Å². The number of carboxylic acid groups (broad SMARTS) is 1. The van der Waals surface area contributed by atoms with Gasteiger partial charge in [-0.2, -0.15) is 0 Å². The largest absolute Gasteiger partial charge is 0.465 e. The molecule has 2 aromatic carbocycles. The molecule has 1 fully saturated rings. The van der Waals surface area contributed by atoms with Crippen LogP contribution >= 0.6 is 0 Å². The molecule has 0 radical (unpaired) electrons. The summed E-state index contributed by atoms with van der Waals surface area (Å²) in [6, 6.07) is 17.0. The minimum Gasteiger partial charge on any atom is -0.465 e. The fraction of sp³-hybridized carbons (Fsp3) is 0.318. The molecule has 0 saturated carbocycles. The van der Waals surface area contributed by atoms with E-state index in [1.165, 1.54) is 6.92 Å². The maximum absolute atomic E-state index is 12.7. The van der Waals surface area contributed by atoms with Gasteiger partial charge in [-0.1, -0.05) is 60.7 Å². The summed E-state index contributed by atoms with van der Waals surface area (Å²) in [4.78, 5) is 37.7. The van der Waals surface area contributed by atoms with E-state index in [0.717, 1.165) is 16.0 Å². The standard InChI is InChI=1S/C22H24N2O5/c1-15(21(26)29-14-16-8-4-2-5-9-16)23-20(25)19-12-18(13-24(19)22(27)28)17-10-6-3-7-11-17/h2-11,15,18-19H,12-14H2,1H3,(H,23,25)(H,27,28)/t15?,18-,19+/m0/s1. The summed E-state index contributed by atoms with van der Waals surface area (Å²) in [7, 11) is 0. The number of esters is 1. The second kappa shape index (κ2) is 9.23. The molecule has 0 bridgehead atoms. The Bertz CT molecular complexity index is 856. The number of hydrogen-bond donors (Lipinski definition) is 2. The van der Waals surface area contributed by atoms with Crippen molar-refractivity contribution < 1.29 is 24.2 Å². The first-order chi connectivity index (χ1) is 14.0. The highest BCUT2D eigenvalue weighted by atomic mass is 16.5. The summed E-state index contributed by atoms with van der Waals surface area (Å²) in [6.45, 7) is 1.88. The van der Waals surface area contributed by atoms with Crippen LogP contribution < -0.4 is 5.32 Å². The van der Waals surface area contributed by atoms with Crippen molar-refractivity contribution in [3.8, 4) is 0 Å². The Morgan fingerprint density at radius 2 is 1.72 bits per heavy atom. The molecule has 1 unspecified atom stereocenters. The van der Waals surface area contributed by atoms with Crippen LogP contribution in [0, 0.1) is 0 Å². The van der Waals surface area contributed by atoms with Crippen LogP contribution in [0.15, 0.2) is 60.7 Å². The lowest BCUT2D eigenvalue weighted by molar-refractivity contribution is -0.149. The van der Waals surface area contributed by atoms with Gasteiger partial charge >= 0.3 is 12.1 Å². The van der Waals surface area contributed by atoms with Crippen LogP contribution in [0.2, 0.25) is 0 Å². The number of carbonyl (C=O) groups excluding carboxylic acids is 2. The van der Waals surface area contributed by atoms with Gasteiger partial charge in [-0.3, -0.25) is 9.69 Å². The number of ether oxygens (including phenoxy) is 1. The van der Waals surface area contributed by atoms with Gasteiger partial charge in [-0.15, -0.1) is 0 Å². The van der Waals surface area contributed by atoms with E-state index in [2.05, 4.69) is 5.32 Å². The van der Waals surface area contributed by atoms with E-state index in [1.54, 1.807) is 0 Å². The normalized spacial score (nSPS) is 19.4. The molecule has 3 atom stereocenters. The van der Waals surface area contributed by atoms with Crippen molar-refractivity contribution in [1.29, 1.82) is 0 Å². The van der Waals surface area contributed by atoms with Crippen molar-refractivity contribution in [2.45, 2.75) is 38.0 Å². The van der Waals surface area contributed by atoms with Gasteiger partial charge in [0.05, 0.1) is 0 Å². The van der Waals surface area contributed by atoms with Crippen molar-refractivity contribution in [2.24, 2.45) is 0 Å².